The zero-order chi connectivity index (χ0) is 24.6. The largest absolute Gasteiger partial charge is 0.455 e. The molecular formula is C35H23NO. The molecule has 6 aromatic carbocycles. The lowest BCUT2D eigenvalue weighted by molar-refractivity contribution is 0.501. The Labute approximate surface area is 215 Å². The van der Waals surface area contributed by atoms with Gasteiger partial charge in [-0.3, -0.25) is 4.98 Å². The van der Waals surface area contributed by atoms with Gasteiger partial charge < -0.3 is 4.74 Å². The lowest BCUT2D eigenvalue weighted by atomic mass is 9.92. The van der Waals surface area contributed by atoms with E-state index in [1.807, 2.05) is 18.5 Å². The van der Waals surface area contributed by atoms with Gasteiger partial charge in [-0.1, -0.05) is 115 Å². The Morgan fingerprint density at radius 1 is 0.432 bits per heavy atom. The molecule has 174 valence electrons. The molecule has 37 heavy (non-hydrogen) atoms. The van der Waals surface area contributed by atoms with Crippen molar-refractivity contribution < 1.29 is 4.74 Å². The first-order chi connectivity index (χ1) is 18.4. The van der Waals surface area contributed by atoms with Crippen LogP contribution >= 0.6 is 0 Å². The summed E-state index contributed by atoms with van der Waals surface area (Å²) in [5.41, 5.74) is 4.53. The molecule has 0 aliphatic carbocycles. The maximum atomic E-state index is 7.07. The summed E-state index contributed by atoms with van der Waals surface area (Å²) in [6, 6.07) is 44.3. The Bertz CT molecular complexity index is 1840. The molecule has 0 spiro atoms. The van der Waals surface area contributed by atoms with Crippen molar-refractivity contribution in [3.05, 3.63) is 140 Å². The minimum atomic E-state index is 0.848. The molecule has 0 unspecified atom stereocenters. The summed E-state index contributed by atoms with van der Waals surface area (Å²) >= 11 is 0. The quantitative estimate of drug-likeness (QED) is 0.237. The number of rotatable bonds is 4. The number of ether oxygens (including phenoxy) is 1. The van der Waals surface area contributed by atoms with Crippen LogP contribution in [-0.4, -0.2) is 4.98 Å². The van der Waals surface area contributed by atoms with Crippen LogP contribution in [-0.2, 0) is 0 Å². The van der Waals surface area contributed by atoms with E-state index in [2.05, 4.69) is 126 Å². The van der Waals surface area contributed by atoms with Crippen LogP contribution in [0.3, 0.4) is 0 Å². The Kier molecular flexibility index (Phi) is 5.15. The van der Waals surface area contributed by atoms with Gasteiger partial charge in [-0.05, 0) is 39.6 Å². The molecule has 0 radical (unpaired) electrons. The van der Waals surface area contributed by atoms with E-state index < -0.39 is 0 Å². The van der Waals surface area contributed by atoms with Crippen molar-refractivity contribution >= 4 is 32.3 Å². The Morgan fingerprint density at radius 3 is 1.84 bits per heavy atom. The standard InChI is InChI=1S/C35H23NO/c1-3-11-24(12-4-1)28-20-19-25-13-7-8-16-27(25)34(28)37-35-30-18-10-9-17-29(30)33(26-14-5-2-6-15-26)32-23-36-22-21-31(32)35/h1-23H. The van der Waals surface area contributed by atoms with E-state index in [0.29, 0.717) is 0 Å². The van der Waals surface area contributed by atoms with Crippen molar-refractivity contribution in [2.24, 2.45) is 0 Å². The third-order valence-electron chi connectivity index (χ3n) is 7.01. The molecule has 7 aromatic rings. The van der Waals surface area contributed by atoms with Gasteiger partial charge in [0.2, 0.25) is 0 Å². The number of pyridine rings is 1. The van der Waals surface area contributed by atoms with Crippen LogP contribution in [0.2, 0.25) is 0 Å². The summed E-state index contributed by atoms with van der Waals surface area (Å²) in [6.45, 7) is 0. The van der Waals surface area contributed by atoms with Gasteiger partial charge in [0.05, 0.1) is 0 Å². The van der Waals surface area contributed by atoms with Crippen molar-refractivity contribution in [2.45, 2.75) is 0 Å². The fourth-order valence-corrected chi connectivity index (χ4v) is 5.31. The minimum Gasteiger partial charge on any atom is -0.455 e. The maximum absolute atomic E-state index is 7.07. The summed E-state index contributed by atoms with van der Waals surface area (Å²) in [5, 5.41) is 6.57. The molecule has 1 aromatic heterocycles. The SMILES string of the molecule is c1ccc(-c2ccc3ccccc3c2Oc2c3ccccc3c(-c3ccccc3)c3cnccc23)cc1. The Balaban J connectivity index is 1.56. The third-order valence-corrected chi connectivity index (χ3v) is 7.01. The maximum Gasteiger partial charge on any atom is 0.143 e. The normalized spacial score (nSPS) is 11.2. The molecule has 2 heteroatoms. The number of hydrogen-bond acceptors (Lipinski definition) is 2. The highest BCUT2D eigenvalue weighted by Gasteiger charge is 2.19. The third kappa shape index (κ3) is 3.62. The molecule has 0 N–H and O–H groups in total. The zero-order valence-corrected chi connectivity index (χ0v) is 20.1. The van der Waals surface area contributed by atoms with Crippen molar-refractivity contribution in [1.29, 1.82) is 0 Å². The zero-order valence-electron chi connectivity index (χ0n) is 20.1. The van der Waals surface area contributed by atoms with E-state index in [4.69, 9.17) is 4.74 Å². The predicted octanol–water partition coefficient (Wildman–Crippen LogP) is 9.67. The molecule has 0 atom stereocenters. The molecule has 0 saturated carbocycles. The number of nitrogens with zero attached hydrogens (tertiary/aromatic N) is 1. The summed E-state index contributed by atoms with van der Waals surface area (Å²) < 4.78 is 7.07. The van der Waals surface area contributed by atoms with E-state index in [9.17, 15) is 0 Å². The van der Waals surface area contributed by atoms with Gasteiger partial charge >= 0.3 is 0 Å². The van der Waals surface area contributed by atoms with Gasteiger partial charge in [-0.25, -0.2) is 0 Å². The van der Waals surface area contributed by atoms with Gasteiger partial charge in [-0.2, -0.15) is 0 Å². The van der Waals surface area contributed by atoms with Crippen LogP contribution in [0.5, 0.6) is 11.5 Å². The minimum absolute atomic E-state index is 0.848. The highest BCUT2D eigenvalue weighted by Crippen LogP contribution is 2.47. The molecule has 0 amide bonds. The van der Waals surface area contributed by atoms with Gasteiger partial charge in [-0.15, -0.1) is 0 Å². The summed E-state index contributed by atoms with van der Waals surface area (Å²) in [7, 11) is 0. The van der Waals surface area contributed by atoms with E-state index >= 15 is 0 Å². The van der Waals surface area contributed by atoms with Crippen LogP contribution in [0.1, 0.15) is 0 Å². The van der Waals surface area contributed by atoms with Crippen LogP contribution in [0.4, 0.5) is 0 Å². The molecule has 0 bridgehead atoms. The monoisotopic (exact) mass is 473 g/mol. The average Bonchev–Trinajstić information content (AvgIpc) is 2.98. The predicted molar refractivity (Wildman–Crippen MR) is 154 cm³/mol. The molecular weight excluding hydrogens is 450 g/mol. The van der Waals surface area contributed by atoms with E-state index in [0.717, 1.165) is 54.9 Å². The van der Waals surface area contributed by atoms with E-state index in [1.54, 1.807) is 0 Å². The van der Waals surface area contributed by atoms with E-state index in [-0.39, 0.29) is 0 Å². The number of fused-ring (bicyclic) bond motifs is 3. The molecule has 0 aliphatic rings. The van der Waals surface area contributed by atoms with Crippen molar-refractivity contribution in [3.8, 4) is 33.8 Å². The molecule has 1 heterocycles. The number of hydrogen-bond donors (Lipinski definition) is 0. The van der Waals surface area contributed by atoms with E-state index in [1.165, 1.54) is 11.1 Å². The highest BCUT2D eigenvalue weighted by atomic mass is 16.5. The van der Waals surface area contributed by atoms with Crippen molar-refractivity contribution in [1.82, 2.24) is 4.98 Å². The van der Waals surface area contributed by atoms with Gasteiger partial charge in [0.15, 0.2) is 0 Å². The summed E-state index contributed by atoms with van der Waals surface area (Å²) in [6.07, 6.45) is 3.80. The van der Waals surface area contributed by atoms with Crippen molar-refractivity contribution in [2.75, 3.05) is 0 Å². The fraction of sp³-hybridized carbons (Fsp3) is 0. The van der Waals surface area contributed by atoms with Crippen LogP contribution in [0.15, 0.2) is 140 Å². The Morgan fingerprint density at radius 2 is 1.05 bits per heavy atom. The first kappa shape index (κ1) is 21.3. The summed E-state index contributed by atoms with van der Waals surface area (Å²) in [4.78, 5) is 4.51. The summed E-state index contributed by atoms with van der Waals surface area (Å²) in [5.74, 6) is 1.71. The molecule has 0 fully saturated rings. The van der Waals surface area contributed by atoms with Crippen LogP contribution < -0.4 is 4.74 Å². The first-order valence-corrected chi connectivity index (χ1v) is 12.5. The van der Waals surface area contributed by atoms with Crippen LogP contribution in [0.25, 0.3) is 54.6 Å². The second-order valence-electron chi connectivity index (χ2n) is 9.17. The highest BCUT2D eigenvalue weighted by molar-refractivity contribution is 6.17. The number of benzene rings is 6. The molecule has 0 saturated heterocycles. The van der Waals surface area contributed by atoms with Gasteiger partial charge in [0.1, 0.15) is 11.5 Å². The second-order valence-corrected chi connectivity index (χ2v) is 9.17. The van der Waals surface area contributed by atoms with Crippen LogP contribution in [0, 0.1) is 0 Å². The van der Waals surface area contributed by atoms with Gasteiger partial charge in [0, 0.05) is 39.5 Å². The smallest absolute Gasteiger partial charge is 0.143 e. The first-order valence-electron chi connectivity index (χ1n) is 12.5. The van der Waals surface area contributed by atoms with Gasteiger partial charge in [0.25, 0.3) is 0 Å². The lowest BCUT2D eigenvalue weighted by Gasteiger charge is -2.20. The topological polar surface area (TPSA) is 22.1 Å². The second kappa shape index (κ2) is 8.92. The fourth-order valence-electron chi connectivity index (χ4n) is 5.31. The molecule has 7 rings (SSSR count). The lowest BCUT2D eigenvalue weighted by Crippen LogP contribution is -1.95. The Hall–Kier alpha value is -4.95. The number of aromatic nitrogens is 1. The molecule has 2 nitrogen and oxygen atoms in total. The molecule has 0 aliphatic heterocycles. The van der Waals surface area contributed by atoms with Crippen molar-refractivity contribution in [3.63, 3.8) is 0 Å². The average molecular weight is 474 g/mol.